The molecule has 1 fully saturated rings. The number of nitrogens with one attached hydrogen (secondary N) is 2. The molecule has 1 aliphatic rings. The molecule has 32 heavy (non-hydrogen) atoms. The topological polar surface area (TPSA) is 74.4 Å². The molecule has 0 aliphatic carbocycles. The molecule has 1 aromatic heterocycles. The van der Waals surface area contributed by atoms with Gasteiger partial charge in [-0.15, -0.1) is 0 Å². The zero-order valence-corrected chi connectivity index (χ0v) is 19.2. The fraction of sp³-hybridized carbons (Fsp3) is 0.385. The zero-order chi connectivity index (χ0) is 22.9. The van der Waals surface area contributed by atoms with Crippen LogP contribution in [-0.4, -0.2) is 47.4 Å². The number of ether oxygens (including phenoxy) is 1. The molecule has 4 rings (SSSR count). The summed E-state index contributed by atoms with van der Waals surface area (Å²) < 4.78 is 5.39. The van der Waals surface area contributed by atoms with Gasteiger partial charge in [0.1, 0.15) is 5.75 Å². The van der Waals surface area contributed by atoms with E-state index in [-0.39, 0.29) is 17.4 Å². The largest absolute Gasteiger partial charge is 0.497 e. The molecule has 0 unspecified atom stereocenters. The van der Waals surface area contributed by atoms with Crippen molar-refractivity contribution in [3.05, 3.63) is 65.4 Å². The van der Waals surface area contributed by atoms with E-state index in [9.17, 15) is 9.59 Å². The van der Waals surface area contributed by atoms with E-state index >= 15 is 0 Å². The van der Waals surface area contributed by atoms with Crippen molar-refractivity contribution in [1.29, 1.82) is 0 Å². The van der Waals surface area contributed by atoms with Crippen LogP contribution in [0.1, 0.15) is 65.8 Å². The number of rotatable bonds is 4. The standard InChI is InChI=1S/C26H31N3O3/c1-26(2,3)28-24(30)18-5-7-19(8-6-18)25(31)29-13-11-17(12-14-29)22-16-27-23-10-9-20(32-4)15-21(22)23/h5-10,15-17,27H,11-14H2,1-4H3,(H,28,30). The molecule has 2 amide bonds. The Morgan fingerprint density at radius 1 is 1.03 bits per heavy atom. The highest BCUT2D eigenvalue weighted by atomic mass is 16.5. The molecule has 6 nitrogen and oxygen atoms in total. The SMILES string of the molecule is COc1ccc2[nH]cc(C3CCN(C(=O)c4ccc(C(=O)NC(C)(C)C)cc4)CC3)c2c1. The number of piperidine rings is 1. The number of carbonyl (C=O) groups excluding carboxylic acids is 2. The molecule has 2 aromatic carbocycles. The van der Waals surface area contributed by atoms with Gasteiger partial charge in [-0.25, -0.2) is 0 Å². The van der Waals surface area contributed by atoms with Crippen LogP contribution in [0.25, 0.3) is 10.9 Å². The van der Waals surface area contributed by atoms with Gasteiger partial charge in [-0.3, -0.25) is 9.59 Å². The van der Waals surface area contributed by atoms with E-state index in [1.807, 2.05) is 37.8 Å². The van der Waals surface area contributed by atoms with Gasteiger partial charge in [0.05, 0.1) is 7.11 Å². The fourth-order valence-corrected chi connectivity index (χ4v) is 4.34. The first-order valence-electron chi connectivity index (χ1n) is 11.1. The third-order valence-corrected chi connectivity index (χ3v) is 6.03. The van der Waals surface area contributed by atoms with Gasteiger partial charge in [-0.05, 0) is 87.6 Å². The Morgan fingerprint density at radius 2 is 1.69 bits per heavy atom. The lowest BCUT2D eigenvalue weighted by molar-refractivity contribution is 0.0712. The zero-order valence-electron chi connectivity index (χ0n) is 19.2. The number of fused-ring (bicyclic) bond motifs is 1. The first-order chi connectivity index (χ1) is 15.2. The van der Waals surface area contributed by atoms with Crippen molar-refractivity contribution in [1.82, 2.24) is 15.2 Å². The van der Waals surface area contributed by atoms with Crippen molar-refractivity contribution in [3.63, 3.8) is 0 Å². The highest BCUT2D eigenvalue weighted by Crippen LogP contribution is 2.35. The number of aromatic amines is 1. The van der Waals surface area contributed by atoms with Crippen molar-refractivity contribution in [3.8, 4) is 5.75 Å². The summed E-state index contributed by atoms with van der Waals surface area (Å²) >= 11 is 0. The Labute approximate surface area is 188 Å². The lowest BCUT2D eigenvalue weighted by Gasteiger charge is -2.32. The van der Waals surface area contributed by atoms with E-state index < -0.39 is 0 Å². The Balaban J connectivity index is 1.40. The second-order valence-corrected chi connectivity index (χ2v) is 9.50. The van der Waals surface area contributed by atoms with E-state index in [0.29, 0.717) is 30.1 Å². The summed E-state index contributed by atoms with van der Waals surface area (Å²) in [5.74, 6) is 1.15. The van der Waals surface area contributed by atoms with Gasteiger partial charge in [0.2, 0.25) is 0 Å². The number of H-pyrrole nitrogens is 1. The second kappa shape index (κ2) is 8.69. The number of hydrogen-bond donors (Lipinski definition) is 2. The minimum Gasteiger partial charge on any atom is -0.497 e. The number of benzene rings is 2. The van der Waals surface area contributed by atoms with Gasteiger partial charge in [0.25, 0.3) is 11.8 Å². The van der Waals surface area contributed by atoms with Crippen LogP contribution in [0, 0.1) is 0 Å². The van der Waals surface area contributed by atoms with Crippen LogP contribution < -0.4 is 10.1 Å². The van der Waals surface area contributed by atoms with Crippen LogP contribution in [0.4, 0.5) is 0 Å². The third-order valence-electron chi connectivity index (χ3n) is 6.03. The number of aromatic nitrogens is 1. The minimum absolute atomic E-state index is 0.0202. The summed E-state index contributed by atoms with van der Waals surface area (Å²) in [6.45, 7) is 7.26. The van der Waals surface area contributed by atoms with Crippen molar-refractivity contribution < 1.29 is 14.3 Å². The molecule has 1 aliphatic heterocycles. The summed E-state index contributed by atoms with van der Waals surface area (Å²) in [5, 5.41) is 4.13. The number of amides is 2. The van der Waals surface area contributed by atoms with Crippen LogP contribution in [-0.2, 0) is 0 Å². The first kappa shape index (κ1) is 21.9. The van der Waals surface area contributed by atoms with E-state index in [2.05, 4.69) is 22.6 Å². The number of methoxy groups -OCH3 is 1. The number of carbonyl (C=O) groups is 2. The van der Waals surface area contributed by atoms with Crippen molar-refractivity contribution >= 4 is 22.7 Å². The fourth-order valence-electron chi connectivity index (χ4n) is 4.34. The summed E-state index contributed by atoms with van der Waals surface area (Å²) in [6.07, 6.45) is 3.93. The van der Waals surface area contributed by atoms with Crippen LogP contribution in [0.5, 0.6) is 5.75 Å². The molecule has 168 valence electrons. The minimum atomic E-state index is -0.300. The summed E-state index contributed by atoms with van der Waals surface area (Å²) in [4.78, 5) is 30.6. The van der Waals surface area contributed by atoms with E-state index in [0.717, 1.165) is 24.1 Å². The lowest BCUT2D eigenvalue weighted by atomic mass is 9.89. The molecule has 2 heterocycles. The van der Waals surface area contributed by atoms with E-state index in [1.54, 1.807) is 31.4 Å². The molecular formula is C26H31N3O3. The van der Waals surface area contributed by atoms with E-state index in [1.165, 1.54) is 10.9 Å². The summed E-state index contributed by atoms with van der Waals surface area (Å²) in [5.41, 5.74) is 3.28. The summed E-state index contributed by atoms with van der Waals surface area (Å²) in [6, 6.07) is 13.0. The van der Waals surface area contributed by atoms with Gasteiger partial charge >= 0.3 is 0 Å². The highest BCUT2D eigenvalue weighted by Gasteiger charge is 2.26. The molecule has 0 radical (unpaired) electrons. The molecule has 0 bridgehead atoms. The highest BCUT2D eigenvalue weighted by molar-refractivity contribution is 5.98. The predicted molar refractivity (Wildman–Crippen MR) is 126 cm³/mol. The van der Waals surface area contributed by atoms with Crippen LogP contribution in [0.3, 0.4) is 0 Å². The predicted octanol–water partition coefficient (Wildman–Crippen LogP) is 4.72. The molecule has 6 heteroatoms. The summed E-state index contributed by atoms with van der Waals surface area (Å²) in [7, 11) is 1.68. The average Bonchev–Trinajstić information content (AvgIpc) is 3.21. The normalized spacial score (nSPS) is 15.1. The Hall–Kier alpha value is -3.28. The second-order valence-electron chi connectivity index (χ2n) is 9.50. The maximum absolute atomic E-state index is 13.0. The molecule has 1 saturated heterocycles. The van der Waals surface area contributed by atoms with Crippen LogP contribution in [0.2, 0.25) is 0 Å². The number of nitrogens with zero attached hydrogens (tertiary/aromatic N) is 1. The molecule has 2 N–H and O–H groups in total. The molecular weight excluding hydrogens is 402 g/mol. The monoisotopic (exact) mass is 433 g/mol. The van der Waals surface area contributed by atoms with Gasteiger partial charge in [-0.1, -0.05) is 0 Å². The smallest absolute Gasteiger partial charge is 0.253 e. The van der Waals surface area contributed by atoms with Gasteiger partial charge in [0.15, 0.2) is 0 Å². The van der Waals surface area contributed by atoms with Crippen molar-refractivity contribution in [2.75, 3.05) is 20.2 Å². The molecule has 0 spiro atoms. The van der Waals surface area contributed by atoms with E-state index in [4.69, 9.17) is 4.74 Å². The van der Waals surface area contributed by atoms with Crippen LogP contribution >= 0.6 is 0 Å². The average molecular weight is 434 g/mol. The third kappa shape index (κ3) is 4.64. The number of likely N-dealkylation sites (tertiary alicyclic amines) is 1. The molecule has 0 atom stereocenters. The Bertz CT molecular complexity index is 1120. The Morgan fingerprint density at radius 3 is 2.31 bits per heavy atom. The Kier molecular flexibility index (Phi) is 5.96. The molecule has 3 aromatic rings. The number of hydrogen-bond acceptors (Lipinski definition) is 3. The maximum Gasteiger partial charge on any atom is 0.253 e. The molecule has 0 saturated carbocycles. The van der Waals surface area contributed by atoms with Gasteiger partial charge in [-0.2, -0.15) is 0 Å². The van der Waals surface area contributed by atoms with Crippen molar-refractivity contribution in [2.24, 2.45) is 0 Å². The first-order valence-corrected chi connectivity index (χ1v) is 11.1. The lowest BCUT2D eigenvalue weighted by Crippen LogP contribution is -2.40. The van der Waals surface area contributed by atoms with Crippen molar-refractivity contribution in [2.45, 2.75) is 45.1 Å². The quantitative estimate of drug-likeness (QED) is 0.625. The van der Waals surface area contributed by atoms with Crippen LogP contribution in [0.15, 0.2) is 48.7 Å². The van der Waals surface area contributed by atoms with Gasteiger partial charge < -0.3 is 19.9 Å². The maximum atomic E-state index is 13.0. The van der Waals surface area contributed by atoms with Gasteiger partial charge in [0, 0.05) is 46.9 Å².